The summed E-state index contributed by atoms with van der Waals surface area (Å²) in [6.45, 7) is 11.0. The second-order valence-electron chi connectivity index (χ2n) is 9.05. The summed E-state index contributed by atoms with van der Waals surface area (Å²) in [7, 11) is 0. The van der Waals surface area contributed by atoms with Crippen molar-refractivity contribution in [2.45, 2.75) is 89.8 Å². The number of hydrogen-bond acceptors (Lipinski definition) is 4. The summed E-state index contributed by atoms with van der Waals surface area (Å²) in [5.41, 5.74) is -0.356. The monoisotopic (exact) mass is 336 g/mol. The van der Waals surface area contributed by atoms with Gasteiger partial charge < -0.3 is 14.5 Å². The summed E-state index contributed by atoms with van der Waals surface area (Å²) < 4.78 is 5.57. The molecule has 0 aromatic heterocycles. The van der Waals surface area contributed by atoms with Gasteiger partial charge in [-0.25, -0.2) is 0 Å². The van der Waals surface area contributed by atoms with Crippen molar-refractivity contribution in [2.24, 2.45) is 5.92 Å². The fraction of sp³-hybridized carbons (Fsp3) is 0.950. The minimum Gasteiger partial charge on any atom is -0.460 e. The van der Waals surface area contributed by atoms with Crippen molar-refractivity contribution in [2.75, 3.05) is 26.2 Å². The third kappa shape index (κ3) is 4.72. The molecule has 0 spiro atoms. The number of carbonyl (C=O) groups is 1. The van der Waals surface area contributed by atoms with E-state index >= 15 is 0 Å². The Labute approximate surface area is 147 Å². The van der Waals surface area contributed by atoms with Gasteiger partial charge in [-0.3, -0.25) is 4.79 Å². The fourth-order valence-electron chi connectivity index (χ4n) is 4.78. The average Bonchev–Trinajstić information content (AvgIpc) is 3.08. The Morgan fingerprint density at radius 2 is 1.29 bits per heavy atom. The quantitative estimate of drug-likeness (QED) is 0.739. The summed E-state index contributed by atoms with van der Waals surface area (Å²) in [6.07, 6.45) is 9.82. The third-order valence-electron chi connectivity index (χ3n) is 6.11. The number of rotatable bonds is 3. The Bertz CT molecular complexity index is 410. The standard InChI is InChI=1S/C20H36N2O2/c1-20(2,3)24-19(23)16-6-8-17(9-7-16)22-14-10-18(11-15-22)21-12-4-5-13-21/h16-18H,4-15H2,1-3H3. The molecule has 138 valence electrons. The molecule has 2 heterocycles. The third-order valence-corrected chi connectivity index (χ3v) is 6.11. The van der Waals surface area contributed by atoms with Crippen LogP contribution in [0.5, 0.6) is 0 Å². The second-order valence-corrected chi connectivity index (χ2v) is 9.05. The van der Waals surface area contributed by atoms with Gasteiger partial charge in [0, 0.05) is 12.1 Å². The van der Waals surface area contributed by atoms with Crippen molar-refractivity contribution < 1.29 is 9.53 Å². The van der Waals surface area contributed by atoms with E-state index in [1.165, 1.54) is 51.9 Å². The molecule has 0 unspecified atom stereocenters. The largest absolute Gasteiger partial charge is 0.460 e. The SMILES string of the molecule is CC(C)(C)OC(=O)C1CCC(N2CCC(N3CCCC3)CC2)CC1. The van der Waals surface area contributed by atoms with Crippen LogP contribution in [-0.4, -0.2) is 59.6 Å². The normalized spacial score (nSPS) is 31.3. The average molecular weight is 337 g/mol. The topological polar surface area (TPSA) is 32.8 Å². The number of hydrogen-bond donors (Lipinski definition) is 0. The van der Waals surface area contributed by atoms with Gasteiger partial charge in [0.1, 0.15) is 5.60 Å². The molecule has 0 atom stereocenters. The van der Waals surface area contributed by atoms with E-state index in [4.69, 9.17) is 4.74 Å². The minimum atomic E-state index is -0.356. The predicted molar refractivity (Wildman–Crippen MR) is 97.0 cm³/mol. The van der Waals surface area contributed by atoms with Crippen LogP contribution in [0, 0.1) is 5.92 Å². The number of carbonyl (C=O) groups excluding carboxylic acids is 1. The lowest BCUT2D eigenvalue weighted by atomic mass is 9.84. The van der Waals surface area contributed by atoms with Crippen LogP contribution < -0.4 is 0 Å². The number of piperidine rings is 1. The maximum Gasteiger partial charge on any atom is 0.309 e. The van der Waals surface area contributed by atoms with E-state index in [2.05, 4.69) is 9.80 Å². The van der Waals surface area contributed by atoms with Crippen molar-refractivity contribution in [1.29, 1.82) is 0 Å². The molecule has 0 bridgehead atoms. The highest BCUT2D eigenvalue weighted by atomic mass is 16.6. The first-order valence-corrected chi connectivity index (χ1v) is 10.1. The van der Waals surface area contributed by atoms with Gasteiger partial charge in [0.2, 0.25) is 0 Å². The first-order valence-electron chi connectivity index (χ1n) is 10.1. The van der Waals surface area contributed by atoms with Gasteiger partial charge in [-0.1, -0.05) is 0 Å². The Balaban J connectivity index is 1.40. The molecule has 1 aliphatic carbocycles. The van der Waals surface area contributed by atoms with Crippen LogP contribution in [0.2, 0.25) is 0 Å². The van der Waals surface area contributed by atoms with Crippen molar-refractivity contribution in [1.82, 2.24) is 9.80 Å². The van der Waals surface area contributed by atoms with Gasteiger partial charge in [0.25, 0.3) is 0 Å². The van der Waals surface area contributed by atoms with Crippen LogP contribution >= 0.6 is 0 Å². The predicted octanol–water partition coefficient (Wildman–Crippen LogP) is 3.45. The molecule has 0 N–H and O–H groups in total. The van der Waals surface area contributed by atoms with E-state index in [1.54, 1.807) is 0 Å². The maximum absolute atomic E-state index is 12.2. The molecule has 4 heteroatoms. The Hall–Kier alpha value is -0.610. The molecular weight excluding hydrogens is 300 g/mol. The molecule has 0 aromatic carbocycles. The number of likely N-dealkylation sites (tertiary alicyclic amines) is 2. The van der Waals surface area contributed by atoms with Crippen LogP contribution in [0.15, 0.2) is 0 Å². The van der Waals surface area contributed by atoms with Crippen LogP contribution in [0.3, 0.4) is 0 Å². The van der Waals surface area contributed by atoms with Crippen molar-refractivity contribution in [3.05, 3.63) is 0 Å². The lowest BCUT2D eigenvalue weighted by Gasteiger charge is -2.42. The smallest absolute Gasteiger partial charge is 0.309 e. The summed E-state index contributed by atoms with van der Waals surface area (Å²) >= 11 is 0. The van der Waals surface area contributed by atoms with Gasteiger partial charge in [-0.15, -0.1) is 0 Å². The zero-order valence-electron chi connectivity index (χ0n) is 15.9. The molecule has 3 aliphatic rings. The van der Waals surface area contributed by atoms with Crippen LogP contribution in [0.4, 0.5) is 0 Å². The molecule has 2 aliphatic heterocycles. The first-order chi connectivity index (χ1) is 11.4. The van der Waals surface area contributed by atoms with Crippen LogP contribution in [0.25, 0.3) is 0 Å². The van der Waals surface area contributed by atoms with E-state index < -0.39 is 0 Å². The highest BCUT2D eigenvalue weighted by Crippen LogP contribution is 2.32. The molecule has 1 saturated carbocycles. The first kappa shape index (κ1) is 18.2. The number of ether oxygens (including phenoxy) is 1. The lowest BCUT2D eigenvalue weighted by Crippen LogP contribution is -2.48. The molecular formula is C20H36N2O2. The van der Waals surface area contributed by atoms with Gasteiger partial charge in [0.05, 0.1) is 5.92 Å². The van der Waals surface area contributed by atoms with E-state index in [1.807, 2.05) is 20.8 Å². The van der Waals surface area contributed by atoms with Gasteiger partial charge in [-0.2, -0.15) is 0 Å². The molecule has 0 radical (unpaired) electrons. The Kier molecular flexibility index (Phi) is 5.86. The van der Waals surface area contributed by atoms with Gasteiger partial charge in [0.15, 0.2) is 0 Å². The van der Waals surface area contributed by atoms with Crippen molar-refractivity contribution in [3.63, 3.8) is 0 Å². The summed E-state index contributed by atoms with van der Waals surface area (Å²) in [5, 5.41) is 0. The minimum absolute atomic E-state index is 0.0219. The summed E-state index contributed by atoms with van der Waals surface area (Å²) in [4.78, 5) is 17.7. The molecule has 3 fully saturated rings. The fourth-order valence-corrected chi connectivity index (χ4v) is 4.78. The van der Waals surface area contributed by atoms with E-state index in [0.717, 1.165) is 31.7 Å². The van der Waals surface area contributed by atoms with E-state index in [0.29, 0.717) is 6.04 Å². The Morgan fingerprint density at radius 3 is 1.83 bits per heavy atom. The lowest BCUT2D eigenvalue weighted by molar-refractivity contribution is -0.161. The van der Waals surface area contributed by atoms with E-state index in [-0.39, 0.29) is 17.5 Å². The number of esters is 1. The summed E-state index contributed by atoms with van der Waals surface area (Å²) in [6, 6.07) is 1.53. The van der Waals surface area contributed by atoms with Crippen LogP contribution in [-0.2, 0) is 9.53 Å². The number of nitrogens with zero attached hydrogens (tertiary/aromatic N) is 2. The zero-order chi connectivity index (χ0) is 17.2. The molecule has 24 heavy (non-hydrogen) atoms. The molecule has 4 nitrogen and oxygen atoms in total. The molecule has 3 rings (SSSR count). The highest BCUT2D eigenvalue weighted by Gasteiger charge is 2.34. The van der Waals surface area contributed by atoms with Crippen LogP contribution in [0.1, 0.15) is 72.1 Å². The zero-order valence-corrected chi connectivity index (χ0v) is 15.9. The highest BCUT2D eigenvalue weighted by molar-refractivity contribution is 5.73. The second kappa shape index (κ2) is 7.74. The molecule has 0 aromatic rings. The molecule has 2 saturated heterocycles. The van der Waals surface area contributed by atoms with Gasteiger partial charge in [-0.05, 0) is 98.3 Å². The van der Waals surface area contributed by atoms with Crippen molar-refractivity contribution >= 4 is 5.97 Å². The summed E-state index contributed by atoms with van der Waals surface area (Å²) in [5.74, 6) is 0.149. The van der Waals surface area contributed by atoms with E-state index in [9.17, 15) is 4.79 Å². The van der Waals surface area contributed by atoms with Gasteiger partial charge >= 0.3 is 5.97 Å². The molecule has 0 amide bonds. The van der Waals surface area contributed by atoms with Crippen molar-refractivity contribution in [3.8, 4) is 0 Å². The Morgan fingerprint density at radius 1 is 0.792 bits per heavy atom. The maximum atomic E-state index is 12.2.